The van der Waals surface area contributed by atoms with Crippen LogP contribution in [0.4, 0.5) is 4.39 Å². The maximum Gasteiger partial charge on any atom is 0.311 e. The topological polar surface area (TPSA) is 95.9 Å². The summed E-state index contributed by atoms with van der Waals surface area (Å²) in [5.41, 5.74) is -0.378. The molecule has 2 aliphatic heterocycles. The maximum atomic E-state index is 13.2. The SMILES string of the molecule is CN1C(=O)CC(C(=O)NCC2(C(=O)O)CCOCC2)C1c1ccc(F)cc1. The van der Waals surface area contributed by atoms with Crippen LogP contribution in [0, 0.1) is 17.2 Å². The lowest BCUT2D eigenvalue weighted by Crippen LogP contribution is -2.48. The summed E-state index contributed by atoms with van der Waals surface area (Å²) in [5.74, 6) is -2.55. The molecule has 0 aliphatic carbocycles. The van der Waals surface area contributed by atoms with E-state index in [2.05, 4.69) is 5.32 Å². The molecule has 0 saturated carbocycles. The molecule has 1 aromatic rings. The van der Waals surface area contributed by atoms with Gasteiger partial charge in [0.05, 0.1) is 17.4 Å². The number of halogens is 1. The number of carboxylic acid groups (broad SMARTS) is 1. The van der Waals surface area contributed by atoms with E-state index in [1.54, 1.807) is 19.2 Å². The third-order valence-corrected chi connectivity index (χ3v) is 5.64. The van der Waals surface area contributed by atoms with Crippen LogP contribution in [0.5, 0.6) is 0 Å². The molecule has 1 aromatic carbocycles. The van der Waals surface area contributed by atoms with E-state index in [0.29, 0.717) is 31.6 Å². The van der Waals surface area contributed by atoms with Crippen molar-refractivity contribution in [3.63, 3.8) is 0 Å². The van der Waals surface area contributed by atoms with Crippen LogP contribution in [0.15, 0.2) is 24.3 Å². The van der Waals surface area contributed by atoms with Gasteiger partial charge >= 0.3 is 5.97 Å². The zero-order valence-electron chi connectivity index (χ0n) is 15.1. The molecule has 2 saturated heterocycles. The standard InChI is InChI=1S/C19H23FN2O5/c1-22-15(23)10-14(16(22)12-2-4-13(20)5-3-12)17(24)21-11-19(18(25)26)6-8-27-9-7-19/h2-5,14,16H,6-11H2,1H3,(H,21,24)(H,25,26). The Morgan fingerprint density at radius 3 is 2.52 bits per heavy atom. The molecule has 2 N–H and O–H groups in total. The summed E-state index contributed by atoms with van der Waals surface area (Å²) in [4.78, 5) is 38.2. The number of carboxylic acids is 1. The van der Waals surface area contributed by atoms with Gasteiger partial charge in [0.25, 0.3) is 0 Å². The number of nitrogens with one attached hydrogen (secondary N) is 1. The number of nitrogens with zero attached hydrogens (tertiary/aromatic N) is 1. The molecule has 0 radical (unpaired) electrons. The van der Waals surface area contributed by atoms with Crippen molar-refractivity contribution in [3.05, 3.63) is 35.6 Å². The van der Waals surface area contributed by atoms with Crippen LogP contribution >= 0.6 is 0 Å². The van der Waals surface area contributed by atoms with E-state index in [1.165, 1.54) is 17.0 Å². The van der Waals surface area contributed by atoms with E-state index >= 15 is 0 Å². The van der Waals surface area contributed by atoms with E-state index < -0.39 is 29.2 Å². The van der Waals surface area contributed by atoms with Gasteiger partial charge in [0.2, 0.25) is 11.8 Å². The van der Waals surface area contributed by atoms with Crippen LogP contribution in [0.1, 0.15) is 30.9 Å². The van der Waals surface area contributed by atoms with Gasteiger partial charge in [-0.25, -0.2) is 4.39 Å². The first kappa shape index (κ1) is 19.3. The van der Waals surface area contributed by atoms with Crippen molar-refractivity contribution in [1.29, 1.82) is 0 Å². The Morgan fingerprint density at radius 2 is 1.93 bits per heavy atom. The third kappa shape index (κ3) is 3.80. The predicted molar refractivity (Wildman–Crippen MR) is 93.1 cm³/mol. The Morgan fingerprint density at radius 1 is 1.30 bits per heavy atom. The molecule has 3 rings (SSSR count). The predicted octanol–water partition coefficient (Wildman–Crippen LogP) is 1.34. The molecular weight excluding hydrogens is 355 g/mol. The highest BCUT2D eigenvalue weighted by molar-refractivity contribution is 5.90. The minimum atomic E-state index is -1.05. The molecule has 0 spiro atoms. The van der Waals surface area contributed by atoms with Crippen LogP contribution in [-0.2, 0) is 19.1 Å². The van der Waals surface area contributed by atoms with E-state index in [-0.39, 0.29) is 24.8 Å². The number of carbonyl (C=O) groups is 3. The lowest BCUT2D eigenvalue weighted by atomic mass is 9.80. The lowest BCUT2D eigenvalue weighted by Gasteiger charge is -2.33. The first-order valence-electron chi connectivity index (χ1n) is 8.94. The third-order valence-electron chi connectivity index (χ3n) is 5.64. The molecule has 27 heavy (non-hydrogen) atoms. The van der Waals surface area contributed by atoms with Gasteiger partial charge in [-0.15, -0.1) is 0 Å². The molecule has 2 aliphatic rings. The van der Waals surface area contributed by atoms with Gasteiger partial charge in [0.1, 0.15) is 5.82 Å². The second kappa shape index (κ2) is 7.64. The smallest absolute Gasteiger partial charge is 0.311 e. The van der Waals surface area contributed by atoms with Crippen molar-refractivity contribution in [2.75, 3.05) is 26.8 Å². The van der Waals surface area contributed by atoms with Crippen molar-refractivity contribution in [2.24, 2.45) is 11.3 Å². The van der Waals surface area contributed by atoms with Gasteiger partial charge in [0, 0.05) is 33.2 Å². The molecule has 8 heteroatoms. The summed E-state index contributed by atoms with van der Waals surface area (Å²) in [5, 5.41) is 12.3. The Kier molecular flexibility index (Phi) is 5.46. The Labute approximate surface area is 156 Å². The zero-order valence-corrected chi connectivity index (χ0v) is 15.1. The molecule has 7 nitrogen and oxygen atoms in total. The molecule has 0 bridgehead atoms. The molecular formula is C19H23FN2O5. The molecule has 2 fully saturated rings. The van der Waals surface area contributed by atoms with E-state index in [1.807, 2.05) is 0 Å². The fourth-order valence-electron chi connectivity index (χ4n) is 3.84. The Balaban J connectivity index is 1.75. The van der Waals surface area contributed by atoms with Gasteiger partial charge in [-0.3, -0.25) is 14.4 Å². The number of likely N-dealkylation sites (tertiary alicyclic amines) is 1. The number of aliphatic carboxylic acids is 1. The minimum Gasteiger partial charge on any atom is -0.481 e. The number of carbonyl (C=O) groups excluding carboxylic acids is 2. The summed E-state index contributed by atoms with van der Waals surface area (Å²) >= 11 is 0. The van der Waals surface area contributed by atoms with Gasteiger partial charge < -0.3 is 20.1 Å². The van der Waals surface area contributed by atoms with Crippen LogP contribution < -0.4 is 5.32 Å². The highest BCUT2D eigenvalue weighted by Crippen LogP contribution is 2.37. The number of rotatable bonds is 5. The van der Waals surface area contributed by atoms with E-state index in [9.17, 15) is 23.9 Å². The quantitative estimate of drug-likeness (QED) is 0.806. The Bertz CT molecular complexity index is 730. The number of hydrogen-bond acceptors (Lipinski definition) is 4. The minimum absolute atomic E-state index is 0.00489. The van der Waals surface area contributed by atoms with Crippen molar-refractivity contribution in [1.82, 2.24) is 10.2 Å². The lowest BCUT2D eigenvalue weighted by molar-refractivity contribution is -0.154. The van der Waals surface area contributed by atoms with E-state index in [4.69, 9.17) is 4.74 Å². The maximum absolute atomic E-state index is 13.2. The number of hydrogen-bond donors (Lipinski definition) is 2. The van der Waals surface area contributed by atoms with E-state index in [0.717, 1.165) is 0 Å². The monoisotopic (exact) mass is 378 g/mol. The van der Waals surface area contributed by atoms with Gasteiger partial charge in [-0.1, -0.05) is 12.1 Å². The van der Waals surface area contributed by atoms with Crippen LogP contribution in [-0.4, -0.2) is 54.6 Å². The Hall–Kier alpha value is -2.48. The number of amides is 2. The molecule has 0 aromatic heterocycles. The van der Waals surface area contributed by atoms with Crippen LogP contribution in [0.2, 0.25) is 0 Å². The summed E-state index contributed by atoms with van der Waals surface area (Å²) < 4.78 is 18.5. The molecule has 2 amide bonds. The second-order valence-electron chi connectivity index (χ2n) is 7.23. The summed E-state index contributed by atoms with van der Waals surface area (Å²) in [6.45, 7) is 0.672. The average molecular weight is 378 g/mol. The summed E-state index contributed by atoms with van der Waals surface area (Å²) in [7, 11) is 1.61. The largest absolute Gasteiger partial charge is 0.481 e. The van der Waals surface area contributed by atoms with Gasteiger partial charge in [-0.2, -0.15) is 0 Å². The van der Waals surface area contributed by atoms with Crippen LogP contribution in [0.3, 0.4) is 0 Å². The number of benzene rings is 1. The second-order valence-corrected chi connectivity index (χ2v) is 7.23. The molecule has 2 unspecified atom stereocenters. The van der Waals surface area contributed by atoms with Crippen molar-refractivity contribution in [3.8, 4) is 0 Å². The fraction of sp³-hybridized carbons (Fsp3) is 0.526. The highest BCUT2D eigenvalue weighted by Gasteiger charge is 2.45. The first-order chi connectivity index (χ1) is 12.8. The zero-order chi connectivity index (χ0) is 19.6. The van der Waals surface area contributed by atoms with Gasteiger partial charge in [0.15, 0.2) is 0 Å². The molecule has 2 atom stereocenters. The summed E-state index contributed by atoms with van der Waals surface area (Å²) in [6.07, 6.45) is 0.689. The number of ether oxygens (including phenoxy) is 1. The highest BCUT2D eigenvalue weighted by atomic mass is 19.1. The van der Waals surface area contributed by atoms with Crippen LogP contribution in [0.25, 0.3) is 0 Å². The van der Waals surface area contributed by atoms with Crippen molar-refractivity contribution >= 4 is 17.8 Å². The average Bonchev–Trinajstić information content (AvgIpc) is 2.96. The summed E-state index contributed by atoms with van der Waals surface area (Å²) in [6, 6.07) is 5.21. The van der Waals surface area contributed by atoms with Gasteiger partial charge in [-0.05, 0) is 30.5 Å². The first-order valence-corrected chi connectivity index (χ1v) is 8.94. The van der Waals surface area contributed by atoms with Crippen molar-refractivity contribution in [2.45, 2.75) is 25.3 Å². The fourth-order valence-corrected chi connectivity index (χ4v) is 3.84. The normalized spacial score (nSPS) is 24.7. The molecule has 146 valence electrons. The van der Waals surface area contributed by atoms with Crippen molar-refractivity contribution < 1.29 is 28.6 Å². The molecule has 2 heterocycles.